The van der Waals surface area contributed by atoms with E-state index in [1.165, 1.54) is 43.8 Å². The average Bonchev–Trinajstić information content (AvgIpc) is 3.59. The molecule has 2 aliphatic carbocycles. The van der Waals surface area contributed by atoms with Gasteiger partial charge in [0.05, 0.1) is 0 Å². The molecule has 0 aromatic heterocycles. The largest absolute Gasteiger partial charge is 1.00 e. The maximum absolute atomic E-state index is 2.63. The van der Waals surface area contributed by atoms with Crippen molar-refractivity contribution in [2.45, 2.75) is 33.2 Å². The van der Waals surface area contributed by atoms with Crippen molar-refractivity contribution in [3.05, 3.63) is 156 Å². The summed E-state index contributed by atoms with van der Waals surface area (Å²) in [6.07, 6.45) is 7.29. The van der Waals surface area contributed by atoms with E-state index in [1.54, 1.807) is 16.3 Å². The van der Waals surface area contributed by atoms with Crippen LogP contribution in [-0.4, -0.2) is 5.43 Å². The van der Waals surface area contributed by atoms with Crippen molar-refractivity contribution >= 4 is 43.3 Å². The molecule has 0 spiro atoms. The van der Waals surface area contributed by atoms with Crippen LogP contribution in [0, 0.1) is 0 Å². The number of fused-ring (bicyclic) bond motifs is 2. The number of halogens is 2. The Kier molecular flexibility index (Phi) is 9.94. The van der Waals surface area contributed by atoms with Crippen LogP contribution in [0.25, 0.3) is 32.7 Å². The molecule has 0 saturated carbocycles. The number of benzene rings is 5. The molecule has 5 aromatic carbocycles. The Hall–Kier alpha value is -2.74. The van der Waals surface area contributed by atoms with Gasteiger partial charge in [-0.15, -0.1) is 0 Å². The van der Waals surface area contributed by atoms with Gasteiger partial charge in [0.15, 0.2) is 0 Å². The average molecular weight is 693 g/mol. The predicted octanol–water partition coefficient (Wildman–Crippen LogP) is 3.97. The van der Waals surface area contributed by atoms with E-state index in [2.05, 4.69) is 148 Å². The van der Waals surface area contributed by atoms with Gasteiger partial charge in [0.25, 0.3) is 0 Å². The molecule has 0 fully saturated rings. The Morgan fingerprint density at radius 1 is 0.512 bits per heavy atom. The van der Waals surface area contributed by atoms with Crippen LogP contribution in [-0.2, 0) is 20.4 Å². The van der Waals surface area contributed by atoms with Crippen molar-refractivity contribution in [1.29, 1.82) is 0 Å². The van der Waals surface area contributed by atoms with E-state index in [9.17, 15) is 0 Å². The summed E-state index contributed by atoms with van der Waals surface area (Å²) < 4.78 is 3.63. The standard InChI is InChI=1S/2C16H13.C7H8Si.2ClH.Zr/c2*1-12-9-10-14(11-12)16-8-4-6-13-5-2-3-7-15(13)16;1-8-7-5-3-2-4-6-7;;;/h2*2-8,11H,10H2,1H3;2-6H,1H3;2*1H;/q;;;;;+2/p-2. The van der Waals surface area contributed by atoms with Crippen LogP contribution in [0.1, 0.15) is 37.8 Å². The monoisotopic (exact) mass is 690 g/mol. The quantitative estimate of drug-likeness (QED) is 0.245. The number of rotatable bonds is 5. The molecule has 2 aliphatic rings. The van der Waals surface area contributed by atoms with Gasteiger partial charge in [0.1, 0.15) is 0 Å². The van der Waals surface area contributed by atoms with E-state index in [1.807, 2.05) is 6.56 Å². The maximum atomic E-state index is 2.63. The molecule has 4 heteroatoms. The molecule has 7 rings (SSSR count). The van der Waals surface area contributed by atoms with Gasteiger partial charge in [-0.25, -0.2) is 0 Å². The zero-order valence-electron chi connectivity index (χ0n) is 24.8. The second-order valence-corrected chi connectivity index (χ2v) is 26.6. The van der Waals surface area contributed by atoms with Crippen LogP contribution in [0.2, 0.25) is 6.55 Å². The SMILES string of the molecule is CC1=[C]([Zr+2]([C]2=C(C)C=C(c3cccc4ccccc34)C2)=[Si](C)c2ccccc2)CC(c2cccc3ccccc23)=C1.[Cl-].[Cl-]. The van der Waals surface area contributed by atoms with Crippen molar-refractivity contribution in [3.63, 3.8) is 0 Å². The fourth-order valence-corrected chi connectivity index (χ4v) is 27.1. The first-order valence-corrected chi connectivity index (χ1v) is 22.8. The summed E-state index contributed by atoms with van der Waals surface area (Å²) in [5.41, 5.74) is 8.21. The summed E-state index contributed by atoms with van der Waals surface area (Å²) in [7, 11) is 0. The molecular weight excluding hydrogens is 659 g/mol. The van der Waals surface area contributed by atoms with Gasteiger partial charge in [0, 0.05) is 0 Å². The van der Waals surface area contributed by atoms with Gasteiger partial charge in [0.2, 0.25) is 0 Å². The Labute approximate surface area is 276 Å². The zero-order chi connectivity index (χ0) is 27.9. The normalized spacial score (nSPS) is 14.2. The van der Waals surface area contributed by atoms with Gasteiger partial charge < -0.3 is 24.8 Å². The number of hydrogen-bond acceptors (Lipinski definition) is 0. The van der Waals surface area contributed by atoms with Crippen LogP contribution in [0.5, 0.6) is 0 Å². The molecular formula is C39H34Cl2SiZr. The van der Waals surface area contributed by atoms with Crippen molar-refractivity contribution in [1.82, 2.24) is 0 Å². The van der Waals surface area contributed by atoms with E-state index in [0.29, 0.717) is 0 Å². The van der Waals surface area contributed by atoms with Gasteiger partial charge in [-0.1, -0.05) is 0 Å². The van der Waals surface area contributed by atoms with Crippen LogP contribution >= 0.6 is 0 Å². The molecule has 43 heavy (non-hydrogen) atoms. The summed E-state index contributed by atoms with van der Waals surface area (Å²) in [6, 6.07) is 42.8. The third-order valence-corrected chi connectivity index (χ3v) is 27.9. The number of allylic oxidation sites excluding steroid dienone is 8. The van der Waals surface area contributed by atoms with Crippen LogP contribution < -0.4 is 30.0 Å². The van der Waals surface area contributed by atoms with Gasteiger partial charge >= 0.3 is 253 Å². The van der Waals surface area contributed by atoms with E-state index in [-0.39, 0.29) is 24.8 Å². The smallest absolute Gasteiger partial charge is 1.00 e. The summed E-state index contributed by atoms with van der Waals surface area (Å²) in [5.74, 6) is 0. The molecule has 0 heterocycles. The second-order valence-electron chi connectivity index (χ2n) is 11.4. The second kappa shape index (κ2) is 13.5. The minimum Gasteiger partial charge on any atom is -1.00 e. The third-order valence-electron chi connectivity index (χ3n) is 8.92. The molecule has 5 aromatic rings. The predicted molar refractivity (Wildman–Crippen MR) is 176 cm³/mol. The van der Waals surface area contributed by atoms with E-state index < -0.39 is 25.8 Å². The molecule has 0 aliphatic heterocycles. The molecule has 0 saturated heterocycles. The van der Waals surface area contributed by atoms with Crippen LogP contribution in [0.15, 0.2) is 145 Å². The summed E-state index contributed by atoms with van der Waals surface area (Å²) >= 11 is -2.27. The van der Waals surface area contributed by atoms with Crippen molar-refractivity contribution in [3.8, 4) is 0 Å². The van der Waals surface area contributed by atoms with Gasteiger partial charge in [-0.05, 0) is 0 Å². The molecule has 0 unspecified atom stereocenters. The zero-order valence-corrected chi connectivity index (χ0v) is 29.8. The van der Waals surface area contributed by atoms with E-state index in [4.69, 9.17) is 0 Å². The first-order valence-electron chi connectivity index (χ1n) is 14.6. The topological polar surface area (TPSA) is 0 Å². The van der Waals surface area contributed by atoms with Gasteiger partial charge in [-0.2, -0.15) is 0 Å². The van der Waals surface area contributed by atoms with Crippen LogP contribution in [0.3, 0.4) is 0 Å². The Morgan fingerprint density at radius 2 is 0.930 bits per heavy atom. The first-order chi connectivity index (χ1) is 20.1. The molecule has 0 amide bonds. The fourth-order valence-electron chi connectivity index (χ4n) is 6.85. The Bertz CT molecular complexity index is 1880. The van der Waals surface area contributed by atoms with Crippen LogP contribution in [0.4, 0.5) is 0 Å². The fraction of sp³-hybridized carbons (Fsp3) is 0.128. The number of hydrogen-bond donors (Lipinski definition) is 0. The molecule has 0 nitrogen and oxygen atoms in total. The molecule has 0 bridgehead atoms. The van der Waals surface area contributed by atoms with E-state index in [0.717, 1.165) is 12.8 Å². The first kappa shape index (κ1) is 31.7. The minimum atomic E-state index is -2.27. The summed E-state index contributed by atoms with van der Waals surface area (Å²) in [6.45, 7) is 7.43. The molecule has 0 atom stereocenters. The molecule has 0 N–H and O–H groups in total. The Morgan fingerprint density at radius 3 is 1.42 bits per heavy atom. The minimum absolute atomic E-state index is 0. The van der Waals surface area contributed by atoms with Crippen molar-refractivity contribution in [2.24, 2.45) is 0 Å². The summed E-state index contributed by atoms with van der Waals surface area (Å²) in [5, 5.41) is 7.02. The molecule has 212 valence electrons. The van der Waals surface area contributed by atoms with Crippen molar-refractivity contribution < 1.29 is 45.2 Å². The summed E-state index contributed by atoms with van der Waals surface area (Å²) in [4.78, 5) is 0. The third kappa shape index (κ3) is 6.01. The Balaban J connectivity index is 0.00000184. The van der Waals surface area contributed by atoms with E-state index >= 15 is 0 Å². The maximum Gasteiger partial charge on any atom is -1.00 e. The van der Waals surface area contributed by atoms with Crippen molar-refractivity contribution in [2.75, 3.05) is 0 Å². The van der Waals surface area contributed by atoms with Gasteiger partial charge in [-0.3, -0.25) is 0 Å². The molecule has 0 radical (unpaired) electrons.